The molecule has 0 bridgehead atoms. The van der Waals surface area contributed by atoms with Crippen LogP contribution in [0.4, 0.5) is 8.78 Å². The predicted molar refractivity (Wildman–Crippen MR) is 74.7 cm³/mol. The molecule has 2 nitrogen and oxygen atoms in total. The number of hydrogen-bond acceptors (Lipinski definition) is 2. The molecule has 0 saturated heterocycles. The van der Waals surface area contributed by atoms with Crippen LogP contribution in [0.2, 0.25) is 0 Å². The highest BCUT2D eigenvalue weighted by atomic mass is 19.2. The first-order chi connectivity index (χ1) is 9.37. The topological polar surface area (TPSA) is 35.2 Å². The molecular formula is C16H17F2NO. The number of nitrogens with two attached hydrogens (primary N) is 1. The van der Waals surface area contributed by atoms with E-state index in [1.807, 2.05) is 0 Å². The van der Waals surface area contributed by atoms with Gasteiger partial charge in [0.1, 0.15) is 5.75 Å². The second kappa shape index (κ2) is 5.21. The molecule has 1 atom stereocenters. The Labute approximate surface area is 117 Å². The largest absolute Gasteiger partial charge is 0.497 e. The van der Waals surface area contributed by atoms with Crippen LogP contribution in [0.5, 0.6) is 5.75 Å². The van der Waals surface area contributed by atoms with Crippen LogP contribution in [0.25, 0.3) is 0 Å². The van der Waals surface area contributed by atoms with Gasteiger partial charge in [-0.05, 0) is 37.1 Å². The van der Waals surface area contributed by atoms with Crippen LogP contribution in [0.15, 0.2) is 36.4 Å². The standard InChI is InChI=1S/C16H17F2NO/c1-10-4-9-13(15(18)14(10)17)16(2,19)11-5-7-12(20-3)8-6-11/h4-9H,19H2,1-3H3. The zero-order valence-electron chi connectivity index (χ0n) is 11.7. The summed E-state index contributed by atoms with van der Waals surface area (Å²) < 4.78 is 32.9. The highest BCUT2D eigenvalue weighted by Gasteiger charge is 2.29. The van der Waals surface area contributed by atoms with E-state index in [1.165, 1.54) is 19.1 Å². The molecule has 0 amide bonds. The molecule has 0 aromatic heterocycles. The third-order valence-electron chi connectivity index (χ3n) is 3.52. The molecule has 0 aliphatic carbocycles. The van der Waals surface area contributed by atoms with Crippen LogP contribution in [0.1, 0.15) is 23.6 Å². The fourth-order valence-electron chi connectivity index (χ4n) is 2.14. The van der Waals surface area contributed by atoms with E-state index in [0.29, 0.717) is 11.3 Å². The molecule has 0 heterocycles. The molecule has 2 aromatic rings. The summed E-state index contributed by atoms with van der Waals surface area (Å²) in [6, 6.07) is 10.0. The quantitative estimate of drug-likeness (QED) is 0.932. The molecule has 0 saturated carbocycles. The minimum atomic E-state index is -1.12. The van der Waals surface area contributed by atoms with E-state index in [0.717, 1.165) is 0 Å². The number of methoxy groups -OCH3 is 1. The molecule has 0 radical (unpaired) electrons. The molecule has 2 rings (SSSR count). The number of halogens is 2. The van der Waals surface area contributed by atoms with Crippen LogP contribution in [-0.4, -0.2) is 7.11 Å². The van der Waals surface area contributed by atoms with Crippen molar-refractivity contribution in [2.45, 2.75) is 19.4 Å². The zero-order valence-corrected chi connectivity index (χ0v) is 11.7. The Hall–Kier alpha value is -1.94. The fraction of sp³-hybridized carbons (Fsp3) is 0.250. The van der Waals surface area contributed by atoms with Crippen LogP contribution < -0.4 is 10.5 Å². The summed E-state index contributed by atoms with van der Waals surface area (Å²) in [4.78, 5) is 0. The number of benzene rings is 2. The van der Waals surface area contributed by atoms with E-state index in [9.17, 15) is 8.78 Å². The summed E-state index contributed by atoms with van der Waals surface area (Å²) in [6.45, 7) is 3.17. The predicted octanol–water partition coefficient (Wildman–Crippen LogP) is 3.50. The number of rotatable bonds is 3. The van der Waals surface area contributed by atoms with Gasteiger partial charge in [0.15, 0.2) is 11.6 Å². The van der Waals surface area contributed by atoms with Crippen molar-refractivity contribution in [3.63, 3.8) is 0 Å². The monoisotopic (exact) mass is 277 g/mol. The summed E-state index contributed by atoms with van der Waals surface area (Å²) >= 11 is 0. The van der Waals surface area contributed by atoms with Crippen molar-refractivity contribution in [2.24, 2.45) is 5.73 Å². The normalized spacial score (nSPS) is 13.9. The molecule has 0 fully saturated rings. The third kappa shape index (κ3) is 2.39. The highest BCUT2D eigenvalue weighted by molar-refractivity contribution is 5.41. The van der Waals surface area contributed by atoms with Crippen LogP contribution in [0.3, 0.4) is 0 Å². The van der Waals surface area contributed by atoms with Gasteiger partial charge >= 0.3 is 0 Å². The first-order valence-corrected chi connectivity index (χ1v) is 6.26. The molecule has 0 aliphatic rings. The van der Waals surface area contributed by atoms with Crippen LogP contribution in [0, 0.1) is 18.6 Å². The second-order valence-electron chi connectivity index (χ2n) is 4.99. The van der Waals surface area contributed by atoms with E-state index in [-0.39, 0.29) is 11.1 Å². The van der Waals surface area contributed by atoms with Gasteiger partial charge in [0.05, 0.1) is 12.6 Å². The minimum Gasteiger partial charge on any atom is -0.497 e. The summed E-state index contributed by atoms with van der Waals surface area (Å²) in [5, 5.41) is 0. The Bertz CT molecular complexity index is 621. The van der Waals surface area contributed by atoms with Gasteiger partial charge in [0.25, 0.3) is 0 Å². The lowest BCUT2D eigenvalue weighted by molar-refractivity contribution is 0.414. The fourth-order valence-corrected chi connectivity index (χ4v) is 2.14. The molecule has 0 spiro atoms. The molecule has 1 unspecified atom stereocenters. The molecular weight excluding hydrogens is 260 g/mol. The van der Waals surface area contributed by atoms with Gasteiger partial charge in [-0.3, -0.25) is 0 Å². The van der Waals surface area contributed by atoms with E-state index in [1.54, 1.807) is 38.3 Å². The van der Waals surface area contributed by atoms with Crippen LogP contribution in [-0.2, 0) is 5.54 Å². The van der Waals surface area contributed by atoms with E-state index < -0.39 is 17.2 Å². The lowest BCUT2D eigenvalue weighted by atomic mass is 9.85. The lowest BCUT2D eigenvalue weighted by Crippen LogP contribution is -2.35. The average molecular weight is 277 g/mol. The maximum atomic E-state index is 14.1. The summed E-state index contributed by atoms with van der Waals surface area (Å²) in [7, 11) is 1.56. The zero-order chi connectivity index (χ0) is 14.9. The first-order valence-electron chi connectivity index (χ1n) is 6.26. The van der Waals surface area contributed by atoms with Crippen molar-refractivity contribution >= 4 is 0 Å². The van der Waals surface area contributed by atoms with Gasteiger partial charge < -0.3 is 10.5 Å². The molecule has 0 aliphatic heterocycles. The summed E-state index contributed by atoms with van der Waals surface area (Å²) in [5.41, 5.74) is 6.18. The van der Waals surface area contributed by atoms with E-state index in [4.69, 9.17) is 10.5 Å². The molecule has 2 N–H and O–H groups in total. The SMILES string of the molecule is COc1ccc(C(C)(N)c2ccc(C)c(F)c2F)cc1. The molecule has 2 aromatic carbocycles. The Morgan fingerprint density at radius 3 is 2.15 bits per heavy atom. The van der Waals surface area contributed by atoms with Crippen LogP contribution >= 0.6 is 0 Å². The number of ether oxygens (including phenoxy) is 1. The van der Waals surface area contributed by atoms with Crippen molar-refractivity contribution in [1.29, 1.82) is 0 Å². The maximum Gasteiger partial charge on any atom is 0.164 e. The Morgan fingerprint density at radius 2 is 1.60 bits per heavy atom. The van der Waals surface area contributed by atoms with Crippen molar-refractivity contribution in [1.82, 2.24) is 0 Å². The highest BCUT2D eigenvalue weighted by Crippen LogP contribution is 2.31. The van der Waals surface area contributed by atoms with Crippen molar-refractivity contribution in [3.05, 3.63) is 64.7 Å². The second-order valence-corrected chi connectivity index (χ2v) is 4.99. The number of hydrogen-bond donors (Lipinski definition) is 1. The van der Waals surface area contributed by atoms with Gasteiger partial charge in [-0.1, -0.05) is 24.3 Å². The Balaban J connectivity index is 2.51. The van der Waals surface area contributed by atoms with E-state index in [2.05, 4.69) is 0 Å². The summed E-state index contributed by atoms with van der Waals surface area (Å²) in [5.74, 6) is -1.07. The first kappa shape index (κ1) is 14.5. The third-order valence-corrected chi connectivity index (χ3v) is 3.52. The minimum absolute atomic E-state index is 0.130. The van der Waals surface area contributed by atoms with Gasteiger partial charge in [0, 0.05) is 5.56 Å². The smallest absolute Gasteiger partial charge is 0.164 e. The lowest BCUT2D eigenvalue weighted by Gasteiger charge is -2.27. The van der Waals surface area contributed by atoms with Crippen molar-refractivity contribution in [3.8, 4) is 5.75 Å². The average Bonchev–Trinajstić information content (AvgIpc) is 2.44. The molecule has 4 heteroatoms. The molecule has 106 valence electrons. The van der Waals surface area contributed by atoms with Gasteiger partial charge in [-0.15, -0.1) is 0 Å². The summed E-state index contributed by atoms with van der Waals surface area (Å²) in [6.07, 6.45) is 0. The Morgan fingerprint density at radius 1 is 1.00 bits per heavy atom. The molecule has 20 heavy (non-hydrogen) atoms. The van der Waals surface area contributed by atoms with Gasteiger partial charge in [-0.2, -0.15) is 0 Å². The maximum absolute atomic E-state index is 14.1. The van der Waals surface area contributed by atoms with Gasteiger partial charge in [0.2, 0.25) is 0 Å². The van der Waals surface area contributed by atoms with Gasteiger partial charge in [-0.25, -0.2) is 8.78 Å². The van der Waals surface area contributed by atoms with Crippen molar-refractivity contribution < 1.29 is 13.5 Å². The number of aryl methyl sites for hydroxylation is 1. The van der Waals surface area contributed by atoms with E-state index >= 15 is 0 Å². The van der Waals surface area contributed by atoms with Crippen molar-refractivity contribution in [2.75, 3.05) is 7.11 Å². The Kier molecular flexibility index (Phi) is 3.77.